The summed E-state index contributed by atoms with van der Waals surface area (Å²) in [4.78, 5) is 10.6. The van der Waals surface area contributed by atoms with Crippen LogP contribution in [0.2, 0.25) is 0 Å². The van der Waals surface area contributed by atoms with E-state index in [0.29, 0.717) is 30.3 Å². The van der Waals surface area contributed by atoms with Gasteiger partial charge in [0.15, 0.2) is 11.5 Å². The third-order valence-electron chi connectivity index (χ3n) is 2.50. The number of hydrogen-bond donors (Lipinski definition) is 3. The van der Waals surface area contributed by atoms with Crippen LogP contribution in [-0.4, -0.2) is 35.4 Å². The largest absolute Gasteiger partial charge is 0.508 e. The molecule has 6 heteroatoms. The van der Waals surface area contributed by atoms with Gasteiger partial charge in [-0.15, -0.1) is 0 Å². The molecule has 0 spiro atoms. The minimum Gasteiger partial charge on any atom is -0.508 e. The van der Waals surface area contributed by atoms with E-state index in [4.69, 9.17) is 20.3 Å². The first kappa shape index (κ1) is 11.5. The maximum atomic E-state index is 10.6. The lowest BCUT2D eigenvalue weighted by Gasteiger charge is -2.20. The first-order chi connectivity index (χ1) is 8.08. The van der Waals surface area contributed by atoms with E-state index in [-0.39, 0.29) is 12.2 Å². The summed E-state index contributed by atoms with van der Waals surface area (Å²) in [5.41, 5.74) is 5.85. The van der Waals surface area contributed by atoms with Crippen molar-refractivity contribution in [2.24, 2.45) is 5.73 Å². The minimum absolute atomic E-state index is 0.0362. The standard InChI is InChI=1S/C11H13NO5/c12-7(11(14)15)3-6-4-9-10(5-8(6)13)17-2-1-16-9/h4-5,7,13H,1-3,12H2,(H,14,15). The highest BCUT2D eigenvalue weighted by atomic mass is 16.6. The van der Waals surface area contributed by atoms with Crippen molar-refractivity contribution in [1.29, 1.82) is 0 Å². The number of carboxylic acid groups (broad SMARTS) is 1. The van der Waals surface area contributed by atoms with E-state index in [2.05, 4.69) is 0 Å². The Morgan fingerprint density at radius 1 is 1.35 bits per heavy atom. The first-order valence-corrected chi connectivity index (χ1v) is 5.18. The summed E-state index contributed by atoms with van der Waals surface area (Å²) in [5, 5.41) is 18.4. The van der Waals surface area contributed by atoms with Crippen LogP contribution >= 0.6 is 0 Å². The number of carboxylic acids is 1. The molecule has 1 aliphatic rings. The molecular weight excluding hydrogens is 226 g/mol. The van der Waals surface area contributed by atoms with Crippen molar-refractivity contribution < 1.29 is 24.5 Å². The van der Waals surface area contributed by atoms with Gasteiger partial charge in [-0.05, 0) is 11.6 Å². The summed E-state index contributed by atoms with van der Waals surface area (Å²) in [7, 11) is 0. The summed E-state index contributed by atoms with van der Waals surface area (Å²) >= 11 is 0. The molecule has 0 saturated heterocycles. The molecule has 0 radical (unpaired) electrons. The van der Waals surface area contributed by atoms with Gasteiger partial charge >= 0.3 is 5.97 Å². The molecule has 0 amide bonds. The first-order valence-electron chi connectivity index (χ1n) is 5.18. The van der Waals surface area contributed by atoms with Crippen LogP contribution in [0.15, 0.2) is 12.1 Å². The number of fused-ring (bicyclic) bond motifs is 1. The molecule has 2 rings (SSSR count). The number of rotatable bonds is 3. The zero-order chi connectivity index (χ0) is 12.4. The molecule has 1 heterocycles. The number of phenolic OH excluding ortho intramolecular Hbond substituents is 1. The fourth-order valence-corrected chi connectivity index (χ4v) is 1.61. The molecule has 17 heavy (non-hydrogen) atoms. The number of hydrogen-bond acceptors (Lipinski definition) is 5. The second kappa shape index (κ2) is 4.50. The normalized spacial score (nSPS) is 15.4. The Balaban J connectivity index is 2.25. The van der Waals surface area contributed by atoms with Crippen LogP contribution in [0.5, 0.6) is 17.2 Å². The minimum atomic E-state index is -1.11. The predicted octanol–water partition coefficient (Wildman–Crippen LogP) is 0.118. The van der Waals surface area contributed by atoms with Crippen molar-refractivity contribution in [3.8, 4) is 17.2 Å². The van der Waals surface area contributed by atoms with Gasteiger partial charge in [0.1, 0.15) is 25.0 Å². The Kier molecular flexibility index (Phi) is 3.06. The number of aromatic hydroxyl groups is 1. The van der Waals surface area contributed by atoms with Crippen molar-refractivity contribution in [1.82, 2.24) is 0 Å². The highest BCUT2D eigenvalue weighted by molar-refractivity contribution is 5.73. The van der Waals surface area contributed by atoms with Gasteiger partial charge in [0, 0.05) is 12.5 Å². The second-order valence-electron chi connectivity index (χ2n) is 3.77. The smallest absolute Gasteiger partial charge is 0.320 e. The van der Waals surface area contributed by atoms with Crippen LogP contribution < -0.4 is 15.2 Å². The molecule has 92 valence electrons. The summed E-state index contributed by atoms with van der Waals surface area (Å²) < 4.78 is 10.6. The number of phenols is 1. The molecule has 6 nitrogen and oxygen atoms in total. The monoisotopic (exact) mass is 239 g/mol. The Bertz CT molecular complexity index is 446. The topological polar surface area (TPSA) is 102 Å². The third-order valence-corrected chi connectivity index (χ3v) is 2.50. The molecule has 0 bridgehead atoms. The molecular formula is C11H13NO5. The zero-order valence-corrected chi connectivity index (χ0v) is 9.05. The predicted molar refractivity (Wildman–Crippen MR) is 58.4 cm³/mol. The maximum absolute atomic E-state index is 10.6. The average molecular weight is 239 g/mol. The highest BCUT2D eigenvalue weighted by Gasteiger charge is 2.19. The van der Waals surface area contributed by atoms with Gasteiger partial charge in [-0.3, -0.25) is 4.79 Å². The molecule has 1 aliphatic heterocycles. The van der Waals surface area contributed by atoms with Gasteiger partial charge in [-0.25, -0.2) is 0 Å². The lowest BCUT2D eigenvalue weighted by atomic mass is 10.0. The second-order valence-corrected chi connectivity index (χ2v) is 3.77. The zero-order valence-electron chi connectivity index (χ0n) is 9.05. The van der Waals surface area contributed by atoms with Crippen molar-refractivity contribution in [2.45, 2.75) is 12.5 Å². The summed E-state index contributed by atoms with van der Waals surface area (Å²) in [5.74, 6) is -0.187. The van der Waals surface area contributed by atoms with Crippen LogP contribution in [-0.2, 0) is 11.2 Å². The number of ether oxygens (including phenoxy) is 2. The van der Waals surface area contributed by atoms with E-state index < -0.39 is 12.0 Å². The highest BCUT2D eigenvalue weighted by Crippen LogP contribution is 2.36. The fourth-order valence-electron chi connectivity index (χ4n) is 1.61. The lowest BCUT2D eigenvalue weighted by Crippen LogP contribution is -2.32. The van der Waals surface area contributed by atoms with Crippen LogP contribution in [0.25, 0.3) is 0 Å². The Morgan fingerprint density at radius 2 is 1.94 bits per heavy atom. The van der Waals surface area contributed by atoms with E-state index in [1.165, 1.54) is 6.07 Å². The van der Waals surface area contributed by atoms with Crippen LogP contribution in [0.1, 0.15) is 5.56 Å². The van der Waals surface area contributed by atoms with Crippen molar-refractivity contribution in [2.75, 3.05) is 13.2 Å². The van der Waals surface area contributed by atoms with Crippen LogP contribution in [0.4, 0.5) is 0 Å². The van der Waals surface area contributed by atoms with E-state index in [9.17, 15) is 9.90 Å². The van der Waals surface area contributed by atoms with Crippen molar-refractivity contribution in [3.05, 3.63) is 17.7 Å². The van der Waals surface area contributed by atoms with E-state index >= 15 is 0 Å². The SMILES string of the molecule is NC(Cc1cc2c(cc1O)OCCO2)C(=O)O. The van der Waals surface area contributed by atoms with E-state index in [0.717, 1.165) is 0 Å². The van der Waals surface area contributed by atoms with Gasteiger partial charge in [0.05, 0.1) is 0 Å². The molecule has 1 unspecified atom stereocenters. The molecule has 0 fully saturated rings. The Labute approximate surface area is 97.6 Å². The summed E-state index contributed by atoms with van der Waals surface area (Å²) in [6, 6.07) is 1.92. The molecule has 1 atom stereocenters. The summed E-state index contributed by atoms with van der Waals surface area (Å²) in [6.07, 6.45) is 0.0395. The van der Waals surface area contributed by atoms with Gasteiger partial charge in [-0.1, -0.05) is 0 Å². The van der Waals surface area contributed by atoms with E-state index in [1.54, 1.807) is 6.07 Å². The van der Waals surface area contributed by atoms with Crippen molar-refractivity contribution >= 4 is 5.97 Å². The lowest BCUT2D eigenvalue weighted by molar-refractivity contribution is -0.138. The molecule has 0 saturated carbocycles. The Hall–Kier alpha value is -1.95. The van der Waals surface area contributed by atoms with Gasteiger partial charge in [0.25, 0.3) is 0 Å². The number of aliphatic carboxylic acids is 1. The van der Waals surface area contributed by atoms with Gasteiger partial charge in [0.2, 0.25) is 0 Å². The summed E-state index contributed by atoms with van der Waals surface area (Å²) in [6.45, 7) is 0.864. The third kappa shape index (κ3) is 2.42. The molecule has 1 aromatic carbocycles. The average Bonchev–Trinajstić information content (AvgIpc) is 2.29. The number of nitrogens with two attached hydrogens (primary N) is 1. The van der Waals surface area contributed by atoms with Crippen LogP contribution in [0, 0.1) is 0 Å². The maximum Gasteiger partial charge on any atom is 0.320 e. The number of carbonyl (C=O) groups is 1. The number of benzene rings is 1. The van der Waals surface area contributed by atoms with Crippen molar-refractivity contribution in [3.63, 3.8) is 0 Å². The van der Waals surface area contributed by atoms with Crippen LogP contribution in [0.3, 0.4) is 0 Å². The van der Waals surface area contributed by atoms with Gasteiger partial charge in [-0.2, -0.15) is 0 Å². The molecule has 4 N–H and O–H groups in total. The van der Waals surface area contributed by atoms with Gasteiger partial charge < -0.3 is 25.4 Å². The molecule has 0 aliphatic carbocycles. The Morgan fingerprint density at radius 3 is 2.53 bits per heavy atom. The fraction of sp³-hybridized carbons (Fsp3) is 0.364. The quantitative estimate of drug-likeness (QED) is 0.692. The molecule has 1 aromatic rings. The van der Waals surface area contributed by atoms with E-state index in [1.807, 2.05) is 0 Å². The molecule has 0 aromatic heterocycles.